The van der Waals surface area contributed by atoms with Gasteiger partial charge in [0.25, 0.3) is 0 Å². The van der Waals surface area contributed by atoms with Crippen LogP contribution in [0.5, 0.6) is 11.5 Å². The predicted molar refractivity (Wildman–Crippen MR) is 76.8 cm³/mol. The average molecular weight is 311 g/mol. The van der Waals surface area contributed by atoms with E-state index in [2.05, 4.69) is 0 Å². The zero-order valence-electron chi connectivity index (χ0n) is 11.7. The van der Waals surface area contributed by atoms with Crippen LogP contribution in [0, 0.1) is 0 Å². The highest BCUT2D eigenvalue weighted by Gasteiger charge is 2.34. The van der Waals surface area contributed by atoms with Crippen LogP contribution in [0.25, 0.3) is 0 Å². The second kappa shape index (κ2) is 6.70. The number of hydrogen-bond acceptors (Lipinski definition) is 3. The highest BCUT2D eigenvalue weighted by molar-refractivity contribution is 5.34. The van der Waals surface area contributed by atoms with Crippen LogP contribution < -0.4 is 10.5 Å². The summed E-state index contributed by atoms with van der Waals surface area (Å²) >= 11 is 0. The van der Waals surface area contributed by atoms with E-state index in [1.807, 2.05) is 0 Å². The van der Waals surface area contributed by atoms with E-state index in [4.69, 9.17) is 10.5 Å². The minimum Gasteiger partial charge on any atom is -0.508 e. The maximum Gasteiger partial charge on any atom is 0.416 e. The van der Waals surface area contributed by atoms with Crippen LogP contribution in [0.15, 0.2) is 48.5 Å². The Morgan fingerprint density at radius 3 is 2.27 bits per heavy atom. The predicted octanol–water partition coefficient (Wildman–Crippen LogP) is 3.53. The fraction of sp³-hybridized carbons (Fsp3) is 0.250. The molecule has 0 radical (unpaired) electrons. The molecule has 0 fully saturated rings. The molecule has 2 aromatic carbocycles. The minimum atomic E-state index is -4.43. The first kappa shape index (κ1) is 16.2. The lowest BCUT2D eigenvalue weighted by molar-refractivity contribution is -0.138. The van der Waals surface area contributed by atoms with Crippen molar-refractivity contribution in [3.63, 3.8) is 0 Å². The number of aromatic hydroxyl groups is 1. The molecule has 0 aliphatic carbocycles. The van der Waals surface area contributed by atoms with Crippen molar-refractivity contribution in [2.24, 2.45) is 5.73 Å². The van der Waals surface area contributed by atoms with Crippen molar-refractivity contribution in [2.75, 3.05) is 13.2 Å². The molecule has 0 saturated carbocycles. The summed E-state index contributed by atoms with van der Waals surface area (Å²) in [5.74, 6) is -0.0301. The third-order valence-electron chi connectivity index (χ3n) is 3.28. The molecule has 0 aliphatic heterocycles. The Morgan fingerprint density at radius 2 is 1.68 bits per heavy atom. The van der Waals surface area contributed by atoms with Crippen LogP contribution >= 0.6 is 0 Å². The Balaban J connectivity index is 2.17. The fourth-order valence-electron chi connectivity index (χ4n) is 2.14. The van der Waals surface area contributed by atoms with E-state index >= 15 is 0 Å². The van der Waals surface area contributed by atoms with E-state index in [1.165, 1.54) is 24.3 Å². The molecule has 0 spiro atoms. The summed E-state index contributed by atoms with van der Waals surface area (Å²) in [6.07, 6.45) is -4.43. The van der Waals surface area contributed by atoms with Crippen LogP contribution in [0.4, 0.5) is 13.2 Å². The van der Waals surface area contributed by atoms with Gasteiger partial charge in [-0.15, -0.1) is 0 Å². The van der Waals surface area contributed by atoms with Crippen molar-refractivity contribution in [1.29, 1.82) is 0 Å². The second-order valence-electron chi connectivity index (χ2n) is 4.82. The number of ether oxygens (including phenoxy) is 1. The Labute approximate surface area is 126 Å². The van der Waals surface area contributed by atoms with Gasteiger partial charge in [0.15, 0.2) is 0 Å². The molecule has 2 rings (SSSR count). The van der Waals surface area contributed by atoms with Crippen molar-refractivity contribution in [3.8, 4) is 11.5 Å². The summed E-state index contributed by atoms with van der Waals surface area (Å²) in [7, 11) is 0. The van der Waals surface area contributed by atoms with Gasteiger partial charge in [0.05, 0.1) is 12.2 Å². The Morgan fingerprint density at radius 1 is 1.05 bits per heavy atom. The molecule has 0 aromatic heterocycles. The van der Waals surface area contributed by atoms with Crippen molar-refractivity contribution in [2.45, 2.75) is 12.1 Å². The molecular formula is C16H16F3NO2. The number of hydrogen-bond donors (Lipinski definition) is 2. The fourth-order valence-corrected chi connectivity index (χ4v) is 2.14. The Hall–Kier alpha value is -2.21. The van der Waals surface area contributed by atoms with Crippen molar-refractivity contribution >= 4 is 0 Å². The minimum absolute atomic E-state index is 0.0222. The topological polar surface area (TPSA) is 55.5 Å². The van der Waals surface area contributed by atoms with E-state index < -0.39 is 17.7 Å². The van der Waals surface area contributed by atoms with Gasteiger partial charge in [-0.3, -0.25) is 0 Å². The molecule has 0 heterocycles. The number of alkyl halides is 3. The summed E-state index contributed by atoms with van der Waals surface area (Å²) in [5.41, 5.74) is 5.04. The standard InChI is InChI=1S/C16H16F3NO2/c17-16(18,19)15-4-2-1-3-14(15)11(9-20)10-22-13-7-5-12(21)6-8-13/h1-8,11,21H,9-10,20H2. The van der Waals surface area contributed by atoms with Gasteiger partial charge in [-0.2, -0.15) is 13.2 Å². The van der Waals surface area contributed by atoms with E-state index in [0.29, 0.717) is 5.75 Å². The quantitative estimate of drug-likeness (QED) is 0.888. The summed E-state index contributed by atoms with van der Waals surface area (Å²) in [4.78, 5) is 0. The molecule has 0 saturated heterocycles. The van der Waals surface area contributed by atoms with Gasteiger partial charge in [0.2, 0.25) is 0 Å². The molecule has 1 unspecified atom stereocenters. The van der Waals surface area contributed by atoms with Crippen LogP contribution in [0.2, 0.25) is 0 Å². The van der Waals surface area contributed by atoms with E-state index in [1.54, 1.807) is 18.2 Å². The normalized spacial score (nSPS) is 12.9. The summed E-state index contributed by atoms with van der Waals surface area (Å²) in [6.45, 7) is 0.0551. The number of rotatable bonds is 5. The number of halogens is 3. The summed E-state index contributed by atoms with van der Waals surface area (Å²) in [5, 5.41) is 9.18. The smallest absolute Gasteiger partial charge is 0.416 e. The van der Waals surface area contributed by atoms with Crippen molar-refractivity contribution in [3.05, 3.63) is 59.7 Å². The van der Waals surface area contributed by atoms with Gasteiger partial charge in [-0.05, 0) is 35.9 Å². The van der Waals surface area contributed by atoms with Crippen molar-refractivity contribution < 1.29 is 23.0 Å². The zero-order chi connectivity index (χ0) is 16.2. The van der Waals surface area contributed by atoms with Gasteiger partial charge in [-0.25, -0.2) is 0 Å². The van der Waals surface area contributed by atoms with Gasteiger partial charge in [0.1, 0.15) is 11.5 Å². The molecule has 0 aliphatic rings. The molecule has 3 nitrogen and oxygen atoms in total. The monoisotopic (exact) mass is 311 g/mol. The van der Waals surface area contributed by atoms with Crippen LogP contribution in [0.1, 0.15) is 17.0 Å². The van der Waals surface area contributed by atoms with Gasteiger partial charge >= 0.3 is 6.18 Å². The number of benzene rings is 2. The highest BCUT2D eigenvalue weighted by atomic mass is 19.4. The second-order valence-corrected chi connectivity index (χ2v) is 4.82. The Kier molecular flexibility index (Phi) is 4.92. The number of phenolic OH excluding ortho intramolecular Hbond substituents is 1. The van der Waals surface area contributed by atoms with Crippen LogP contribution in [-0.2, 0) is 6.18 Å². The van der Waals surface area contributed by atoms with E-state index in [-0.39, 0.29) is 24.5 Å². The molecule has 0 amide bonds. The molecular weight excluding hydrogens is 295 g/mol. The Bertz CT molecular complexity index is 612. The zero-order valence-corrected chi connectivity index (χ0v) is 11.7. The SMILES string of the molecule is NCC(COc1ccc(O)cc1)c1ccccc1C(F)(F)F. The largest absolute Gasteiger partial charge is 0.508 e. The van der Waals surface area contributed by atoms with Crippen molar-refractivity contribution in [1.82, 2.24) is 0 Å². The molecule has 3 N–H and O–H groups in total. The van der Waals surface area contributed by atoms with Gasteiger partial charge in [-0.1, -0.05) is 18.2 Å². The first-order chi connectivity index (χ1) is 10.4. The molecule has 0 bridgehead atoms. The number of nitrogens with two attached hydrogens (primary N) is 1. The first-order valence-corrected chi connectivity index (χ1v) is 6.70. The molecule has 2 aromatic rings. The summed E-state index contributed by atoms with van der Waals surface area (Å²) < 4.78 is 44.6. The maximum atomic E-state index is 13.0. The molecule has 22 heavy (non-hydrogen) atoms. The van der Waals surface area contributed by atoms with Crippen LogP contribution in [-0.4, -0.2) is 18.3 Å². The van der Waals surface area contributed by atoms with E-state index in [0.717, 1.165) is 6.07 Å². The lowest BCUT2D eigenvalue weighted by atomic mass is 9.94. The maximum absolute atomic E-state index is 13.0. The molecule has 1 atom stereocenters. The van der Waals surface area contributed by atoms with Gasteiger partial charge in [0, 0.05) is 12.5 Å². The average Bonchev–Trinajstić information content (AvgIpc) is 2.49. The highest BCUT2D eigenvalue weighted by Crippen LogP contribution is 2.35. The third kappa shape index (κ3) is 3.92. The number of phenols is 1. The van der Waals surface area contributed by atoms with Gasteiger partial charge < -0.3 is 15.6 Å². The third-order valence-corrected chi connectivity index (χ3v) is 3.28. The lowest BCUT2D eigenvalue weighted by Crippen LogP contribution is -2.23. The first-order valence-electron chi connectivity index (χ1n) is 6.70. The van der Waals surface area contributed by atoms with Crippen LogP contribution in [0.3, 0.4) is 0 Å². The molecule has 6 heteroatoms. The summed E-state index contributed by atoms with van der Waals surface area (Å²) in [6, 6.07) is 11.3. The molecule has 118 valence electrons. The van der Waals surface area contributed by atoms with E-state index in [9.17, 15) is 18.3 Å². The lowest BCUT2D eigenvalue weighted by Gasteiger charge is -2.20.